The third-order valence-electron chi connectivity index (χ3n) is 5.39. The van der Waals surface area contributed by atoms with Gasteiger partial charge in [0.2, 0.25) is 5.91 Å². The van der Waals surface area contributed by atoms with Gasteiger partial charge in [0.1, 0.15) is 5.75 Å². The van der Waals surface area contributed by atoms with Crippen LogP contribution in [0, 0.1) is 0 Å². The zero-order chi connectivity index (χ0) is 18.6. The molecular weight excluding hydrogens is 338 g/mol. The van der Waals surface area contributed by atoms with Gasteiger partial charge in [-0.1, -0.05) is 30.3 Å². The van der Waals surface area contributed by atoms with Crippen LogP contribution in [0.4, 0.5) is 0 Å². The zero-order valence-electron chi connectivity index (χ0n) is 15.5. The molecule has 3 aromatic rings. The van der Waals surface area contributed by atoms with E-state index in [1.807, 2.05) is 24.3 Å². The number of fused-ring (bicyclic) bond motifs is 1. The van der Waals surface area contributed by atoms with Crippen molar-refractivity contribution in [2.75, 3.05) is 20.2 Å². The summed E-state index contributed by atoms with van der Waals surface area (Å²) in [5.74, 6) is 0.975. The fourth-order valence-corrected chi connectivity index (χ4v) is 3.99. The molecule has 5 heteroatoms. The fourth-order valence-electron chi connectivity index (χ4n) is 3.99. The Kier molecular flexibility index (Phi) is 5.12. The monoisotopic (exact) mass is 363 g/mol. The van der Waals surface area contributed by atoms with E-state index in [2.05, 4.69) is 46.1 Å². The Bertz CT molecular complexity index is 934. The molecule has 1 aliphatic rings. The van der Waals surface area contributed by atoms with E-state index in [0.717, 1.165) is 36.2 Å². The average molecular weight is 363 g/mol. The quantitative estimate of drug-likeness (QED) is 0.631. The number of aryl methyl sites for hydroxylation is 1. The number of aromatic amines is 1. The van der Waals surface area contributed by atoms with E-state index in [9.17, 15) is 4.79 Å². The van der Waals surface area contributed by atoms with Gasteiger partial charge in [0.05, 0.1) is 13.2 Å². The van der Waals surface area contributed by atoms with Crippen molar-refractivity contribution in [1.29, 1.82) is 0 Å². The molecule has 2 atom stereocenters. The van der Waals surface area contributed by atoms with Crippen molar-refractivity contribution in [2.45, 2.75) is 24.8 Å². The Balaban J connectivity index is 1.62. The van der Waals surface area contributed by atoms with E-state index in [1.165, 1.54) is 10.9 Å². The largest absolute Gasteiger partial charge is 0.497 e. The smallest absolute Gasteiger partial charge is 0.237 e. The molecular formula is C22H25N3O2. The summed E-state index contributed by atoms with van der Waals surface area (Å²) in [4.78, 5) is 15.9. The number of hydrogen-bond acceptors (Lipinski definition) is 3. The molecule has 1 aromatic heterocycles. The number of aromatic nitrogens is 1. The first-order valence-corrected chi connectivity index (χ1v) is 9.46. The van der Waals surface area contributed by atoms with Gasteiger partial charge in [0, 0.05) is 36.1 Å². The van der Waals surface area contributed by atoms with Crippen LogP contribution in [-0.4, -0.2) is 37.1 Å². The van der Waals surface area contributed by atoms with Crippen molar-refractivity contribution in [3.05, 3.63) is 65.9 Å². The highest BCUT2D eigenvalue weighted by atomic mass is 16.5. The lowest BCUT2D eigenvalue weighted by Gasteiger charge is -2.31. The van der Waals surface area contributed by atoms with Gasteiger partial charge in [0.25, 0.3) is 0 Å². The number of nitrogens with one attached hydrogen (secondary N) is 3. The van der Waals surface area contributed by atoms with E-state index in [0.29, 0.717) is 6.54 Å². The number of benzene rings is 2. The number of carbonyl (C=O) groups is 1. The van der Waals surface area contributed by atoms with Gasteiger partial charge in [-0.25, -0.2) is 0 Å². The minimum atomic E-state index is -0.226. The van der Waals surface area contributed by atoms with Crippen LogP contribution in [0.15, 0.2) is 54.7 Å². The Labute approximate surface area is 159 Å². The minimum Gasteiger partial charge on any atom is -0.497 e. The number of rotatable bonds is 6. The van der Waals surface area contributed by atoms with Gasteiger partial charge in [-0.15, -0.1) is 0 Å². The summed E-state index contributed by atoms with van der Waals surface area (Å²) in [5, 5.41) is 7.66. The van der Waals surface area contributed by atoms with E-state index >= 15 is 0 Å². The van der Waals surface area contributed by atoms with Gasteiger partial charge in [-0.3, -0.25) is 4.79 Å². The Hall–Kier alpha value is -2.79. The summed E-state index contributed by atoms with van der Waals surface area (Å²) in [6.45, 7) is 1.48. The number of para-hydroxylation sites is 1. The first-order chi connectivity index (χ1) is 13.3. The average Bonchev–Trinajstić information content (AvgIpc) is 3.13. The standard InChI is InChI=1S/C22H25N3O2/c1-27-17-6-4-5-15(13-17)19(21-22(26)24-12-11-23-21)10-9-16-14-25-20-8-3-2-7-18(16)20/h2-8,13-14,19,21,23,25H,9-12H2,1H3,(H,24,26)/t19?,21-/m1/s1. The van der Waals surface area contributed by atoms with Crippen LogP contribution in [0.25, 0.3) is 10.9 Å². The number of H-pyrrole nitrogens is 1. The molecule has 1 fully saturated rings. The molecule has 0 spiro atoms. The molecule has 2 heterocycles. The van der Waals surface area contributed by atoms with Crippen molar-refractivity contribution in [3.8, 4) is 5.75 Å². The second-order valence-corrected chi connectivity index (χ2v) is 7.00. The van der Waals surface area contributed by atoms with Gasteiger partial charge in [-0.05, 0) is 42.2 Å². The highest BCUT2D eigenvalue weighted by molar-refractivity contribution is 5.84. The highest BCUT2D eigenvalue weighted by Crippen LogP contribution is 2.30. The lowest BCUT2D eigenvalue weighted by atomic mass is 9.85. The van der Waals surface area contributed by atoms with Gasteiger partial charge >= 0.3 is 0 Å². The Morgan fingerprint density at radius 1 is 1.15 bits per heavy atom. The SMILES string of the molecule is COc1cccc(C(CCc2c[nH]c3ccccc23)[C@H]2NCCNC2=O)c1. The first kappa shape index (κ1) is 17.6. The maximum absolute atomic E-state index is 12.5. The maximum Gasteiger partial charge on any atom is 0.237 e. The highest BCUT2D eigenvalue weighted by Gasteiger charge is 2.31. The second kappa shape index (κ2) is 7.84. The molecule has 140 valence electrons. The summed E-state index contributed by atoms with van der Waals surface area (Å²) in [5.41, 5.74) is 3.57. The summed E-state index contributed by atoms with van der Waals surface area (Å²) < 4.78 is 5.40. The summed E-state index contributed by atoms with van der Waals surface area (Å²) in [7, 11) is 1.67. The number of amides is 1. The molecule has 0 aliphatic carbocycles. The Morgan fingerprint density at radius 3 is 2.89 bits per heavy atom. The van der Waals surface area contributed by atoms with Crippen LogP contribution < -0.4 is 15.4 Å². The normalized spacial score (nSPS) is 18.3. The lowest BCUT2D eigenvalue weighted by molar-refractivity contribution is -0.124. The fraction of sp³-hybridized carbons (Fsp3) is 0.318. The zero-order valence-corrected chi connectivity index (χ0v) is 15.5. The van der Waals surface area contributed by atoms with Crippen molar-refractivity contribution in [1.82, 2.24) is 15.6 Å². The molecule has 2 aromatic carbocycles. The molecule has 1 saturated heterocycles. The van der Waals surface area contributed by atoms with Crippen LogP contribution in [0.3, 0.4) is 0 Å². The molecule has 27 heavy (non-hydrogen) atoms. The number of carbonyl (C=O) groups excluding carboxylic acids is 1. The predicted molar refractivity (Wildman–Crippen MR) is 107 cm³/mol. The van der Waals surface area contributed by atoms with Crippen molar-refractivity contribution in [3.63, 3.8) is 0 Å². The third-order valence-corrected chi connectivity index (χ3v) is 5.39. The molecule has 0 radical (unpaired) electrons. The van der Waals surface area contributed by atoms with Crippen molar-refractivity contribution in [2.24, 2.45) is 0 Å². The summed E-state index contributed by atoms with van der Waals surface area (Å²) in [6.07, 6.45) is 3.86. The predicted octanol–water partition coefficient (Wildman–Crippen LogP) is 2.98. The maximum atomic E-state index is 12.5. The van der Waals surface area contributed by atoms with Crippen molar-refractivity contribution < 1.29 is 9.53 Å². The number of methoxy groups -OCH3 is 1. The number of piperazine rings is 1. The van der Waals surface area contributed by atoms with Crippen LogP contribution >= 0.6 is 0 Å². The molecule has 1 unspecified atom stereocenters. The van der Waals surface area contributed by atoms with Crippen LogP contribution in [0.2, 0.25) is 0 Å². The van der Waals surface area contributed by atoms with Gasteiger partial charge in [0.15, 0.2) is 0 Å². The van der Waals surface area contributed by atoms with E-state index in [4.69, 9.17) is 4.74 Å². The molecule has 0 saturated carbocycles. The van der Waals surface area contributed by atoms with Crippen LogP contribution in [0.5, 0.6) is 5.75 Å². The third kappa shape index (κ3) is 3.69. The molecule has 3 N–H and O–H groups in total. The van der Waals surface area contributed by atoms with E-state index in [-0.39, 0.29) is 17.9 Å². The van der Waals surface area contributed by atoms with Gasteiger partial charge in [-0.2, -0.15) is 0 Å². The second-order valence-electron chi connectivity index (χ2n) is 7.00. The molecule has 4 rings (SSSR count). The minimum absolute atomic E-state index is 0.0768. The number of ether oxygens (including phenoxy) is 1. The molecule has 1 amide bonds. The molecule has 0 bridgehead atoms. The van der Waals surface area contributed by atoms with E-state index in [1.54, 1.807) is 7.11 Å². The lowest BCUT2D eigenvalue weighted by Crippen LogP contribution is -2.55. The summed E-state index contributed by atoms with van der Waals surface area (Å²) >= 11 is 0. The topological polar surface area (TPSA) is 66.2 Å². The number of hydrogen-bond donors (Lipinski definition) is 3. The van der Waals surface area contributed by atoms with E-state index < -0.39 is 0 Å². The van der Waals surface area contributed by atoms with Crippen LogP contribution in [0.1, 0.15) is 23.5 Å². The first-order valence-electron chi connectivity index (χ1n) is 9.46. The van der Waals surface area contributed by atoms with Crippen molar-refractivity contribution >= 4 is 16.8 Å². The summed E-state index contributed by atoms with van der Waals surface area (Å²) in [6, 6.07) is 16.2. The Morgan fingerprint density at radius 2 is 2.04 bits per heavy atom. The molecule has 5 nitrogen and oxygen atoms in total. The molecule has 1 aliphatic heterocycles. The van der Waals surface area contributed by atoms with Crippen LogP contribution in [-0.2, 0) is 11.2 Å². The van der Waals surface area contributed by atoms with Gasteiger partial charge < -0.3 is 20.4 Å².